The van der Waals surface area contributed by atoms with Crippen LogP contribution in [0.5, 0.6) is 0 Å². The van der Waals surface area contributed by atoms with Gasteiger partial charge in [0.25, 0.3) is 0 Å². The van der Waals surface area contributed by atoms with Crippen molar-refractivity contribution in [1.82, 2.24) is 30.4 Å². The molecule has 1 aliphatic carbocycles. The maximum atomic E-state index is 17.0. The molecule has 7 rings (SSSR count). The average Bonchev–Trinajstić information content (AvgIpc) is 3.73. The predicted molar refractivity (Wildman–Crippen MR) is 174 cm³/mol. The molecule has 4 aromatic rings. The summed E-state index contributed by atoms with van der Waals surface area (Å²) >= 11 is 6.95. The monoisotopic (exact) mass is 616 g/mol. The fourth-order valence-corrected chi connectivity index (χ4v) is 7.20. The minimum absolute atomic E-state index is 0.0744. The average molecular weight is 617 g/mol. The number of nitrogens with one attached hydrogen (secondary N) is 2. The Morgan fingerprint density at radius 1 is 1.14 bits per heavy atom. The lowest BCUT2D eigenvalue weighted by molar-refractivity contribution is -0.128. The molecule has 2 aromatic heterocycles. The molecule has 2 aliphatic heterocycles. The van der Waals surface area contributed by atoms with Crippen LogP contribution < -0.4 is 15.1 Å². The van der Waals surface area contributed by atoms with Crippen LogP contribution in [0.4, 0.5) is 16.2 Å². The summed E-state index contributed by atoms with van der Waals surface area (Å²) in [5.74, 6) is 1.32. The molecule has 0 radical (unpaired) electrons. The Labute approximate surface area is 261 Å². The fraction of sp³-hybridized carbons (Fsp3) is 0.455. The first-order chi connectivity index (χ1) is 21.1. The van der Waals surface area contributed by atoms with Crippen molar-refractivity contribution in [3.05, 3.63) is 53.5 Å². The van der Waals surface area contributed by atoms with Gasteiger partial charge in [-0.1, -0.05) is 24.2 Å². The number of H-pyrrole nitrogens is 1. The number of benzene rings is 2. The number of anilines is 2. The van der Waals surface area contributed by atoms with Crippen LogP contribution in [0.15, 0.2) is 37.1 Å². The van der Waals surface area contributed by atoms with E-state index in [-0.39, 0.29) is 28.5 Å². The van der Waals surface area contributed by atoms with E-state index in [0.717, 1.165) is 35.5 Å². The normalized spacial score (nSPS) is 21.6. The van der Waals surface area contributed by atoms with Crippen LogP contribution in [0.25, 0.3) is 32.9 Å². The molecule has 0 spiro atoms. The Hall–Kier alpha value is -3.76. The summed E-state index contributed by atoms with van der Waals surface area (Å²) in [6, 6.07) is 6.33. The highest BCUT2D eigenvalue weighted by atomic mass is 35.5. The number of piperazine rings is 1. The van der Waals surface area contributed by atoms with Gasteiger partial charge in [0.15, 0.2) is 5.82 Å². The number of amides is 1. The van der Waals surface area contributed by atoms with E-state index in [9.17, 15) is 4.79 Å². The first-order valence-corrected chi connectivity index (χ1v) is 15.9. The minimum atomic E-state index is -0.479. The van der Waals surface area contributed by atoms with Gasteiger partial charge < -0.3 is 20.0 Å². The highest BCUT2D eigenvalue weighted by Crippen LogP contribution is 2.43. The van der Waals surface area contributed by atoms with Gasteiger partial charge in [0.05, 0.1) is 16.7 Å². The lowest BCUT2D eigenvalue weighted by Crippen LogP contribution is -2.61. The number of hydrogen-bond donors (Lipinski definition) is 2. The van der Waals surface area contributed by atoms with Gasteiger partial charge in [-0.25, -0.2) is 9.37 Å². The number of aromatic nitrogens is 4. The number of carbonyl (C=O) groups excluding carboxylic acids is 1. The molecule has 4 heterocycles. The number of rotatable bonds is 7. The summed E-state index contributed by atoms with van der Waals surface area (Å²) in [6.07, 6.45) is 5.65. The molecule has 3 aliphatic rings. The highest BCUT2D eigenvalue weighted by molar-refractivity contribution is 6.35. The summed E-state index contributed by atoms with van der Waals surface area (Å²) in [5.41, 5.74) is 2.93. The lowest BCUT2D eigenvalue weighted by atomic mass is 9.95. The molecule has 1 unspecified atom stereocenters. The van der Waals surface area contributed by atoms with E-state index in [1.807, 2.05) is 30.9 Å². The zero-order valence-electron chi connectivity index (χ0n) is 25.6. The second-order valence-electron chi connectivity index (χ2n) is 12.8. The molecule has 2 aromatic carbocycles. The molecule has 11 heteroatoms. The molecule has 3 fully saturated rings. The number of carbonyl (C=O) groups is 1. The van der Waals surface area contributed by atoms with Crippen molar-refractivity contribution in [2.24, 2.45) is 5.92 Å². The smallest absolute Gasteiger partial charge is 0.246 e. The van der Waals surface area contributed by atoms with Gasteiger partial charge in [-0.15, -0.1) is 0 Å². The third kappa shape index (κ3) is 4.88. The van der Waals surface area contributed by atoms with Crippen molar-refractivity contribution < 1.29 is 9.18 Å². The fourth-order valence-electron chi connectivity index (χ4n) is 6.91. The lowest BCUT2D eigenvalue weighted by Gasteiger charge is -2.45. The molecule has 9 nitrogen and oxygen atoms in total. The second-order valence-corrected chi connectivity index (χ2v) is 13.2. The highest BCUT2D eigenvalue weighted by Gasteiger charge is 2.37. The van der Waals surface area contributed by atoms with Crippen molar-refractivity contribution in [2.45, 2.75) is 64.7 Å². The van der Waals surface area contributed by atoms with Crippen molar-refractivity contribution in [3.8, 4) is 11.1 Å². The van der Waals surface area contributed by atoms with E-state index in [1.165, 1.54) is 18.9 Å². The van der Waals surface area contributed by atoms with Crippen molar-refractivity contribution >= 4 is 51.1 Å². The van der Waals surface area contributed by atoms with E-state index in [4.69, 9.17) is 21.6 Å². The number of hydrogen-bond acceptors (Lipinski definition) is 7. The van der Waals surface area contributed by atoms with E-state index < -0.39 is 5.82 Å². The van der Waals surface area contributed by atoms with Crippen LogP contribution in [-0.4, -0.2) is 81.3 Å². The summed E-state index contributed by atoms with van der Waals surface area (Å²) in [5, 5.41) is 12.6. The molecule has 2 N–H and O–H groups in total. The third-order valence-corrected chi connectivity index (χ3v) is 9.94. The van der Waals surface area contributed by atoms with Gasteiger partial charge in [0.2, 0.25) is 11.9 Å². The molecule has 44 heavy (non-hydrogen) atoms. The summed E-state index contributed by atoms with van der Waals surface area (Å²) in [6.45, 7) is 14.5. The van der Waals surface area contributed by atoms with E-state index in [0.29, 0.717) is 53.5 Å². The minimum Gasteiger partial charge on any atom is -0.349 e. The SMILES string of the molecule is C=CC(=O)N1C[C@H](C)N(c2nc(N3CC(NC(C)C4CC4)C3)nc3c(F)c(-c4c(C)ccc5[nH]ncc45)c(Cl)cc23)C[C@H]1C. The first kappa shape index (κ1) is 29.0. The standard InChI is InChI=1S/C33H38ClFN8O/c1-6-27(44)42-13-19(4)43(14-18(42)3)32-23-11-25(34)29(28-17(2)7-10-26-24(28)12-36-40-26)30(35)31(23)38-33(39-32)41-15-22(16-41)37-20(5)21-8-9-21/h6-7,10-12,18-22,37H,1,8-9,13-16H2,2-5H3,(H,36,40)/t18-,19+,20?/m1/s1. The van der Waals surface area contributed by atoms with Crippen LogP contribution in [0.2, 0.25) is 5.02 Å². The van der Waals surface area contributed by atoms with E-state index in [2.05, 4.69) is 45.7 Å². The van der Waals surface area contributed by atoms with Gasteiger partial charge in [-0.05, 0) is 70.2 Å². The molecule has 0 bridgehead atoms. The molecule has 1 saturated carbocycles. The van der Waals surface area contributed by atoms with Crippen LogP contribution >= 0.6 is 11.6 Å². The Morgan fingerprint density at radius 2 is 1.91 bits per heavy atom. The second kappa shape index (κ2) is 11.0. The van der Waals surface area contributed by atoms with E-state index in [1.54, 1.807) is 12.3 Å². The Morgan fingerprint density at radius 3 is 2.64 bits per heavy atom. The van der Waals surface area contributed by atoms with Crippen molar-refractivity contribution in [2.75, 3.05) is 36.0 Å². The van der Waals surface area contributed by atoms with Crippen LogP contribution in [0.3, 0.4) is 0 Å². The number of aromatic amines is 1. The summed E-state index contributed by atoms with van der Waals surface area (Å²) in [4.78, 5) is 28.6. The summed E-state index contributed by atoms with van der Waals surface area (Å²) < 4.78 is 17.0. The molecular weight excluding hydrogens is 579 g/mol. The number of fused-ring (bicyclic) bond motifs is 2. The van der Waals surface area contributed by atoms with Crippen LogP contribution in [-0.2, 0) is 4.79 Å². The molecule has 2 saturated heterocycles. The van der Waals surface area contributed by atoms with Crippen molar-refractivity contribution in [3.63, 3.8) is 0 Å². The Kier molecular flexibility index (Phi) is 7.24. The largest absolute Gasteiger partial charge is 0.349 e. The topological polar surface area (TPSA) is 93.3 Å². The number of nitrogens with zero attached hydrogens (tertiary/aromatic N) is 6. The zero-order chi connectivity index (χ0) is 30.9. The molecule has 1 amide bonds. The van der Waals surface area contributed by atoms with Gasteiger partial charge >= 0.3 is 0 Å². The predicted octanol–water partition coefficient (Wildman–Crippen LogP) is 5.46. The quantitative estimate of drug-likeness (QED) is 0.266. The van der Waals surface area contributed by atoms with Gasteiger partial charge in [0.1, 0.15) is 11.3 Å². The van der Waals surface area contributed by atoms with Gasteiger partial charge in [-0.2, -0.15) is 10.1 Å². The van der Waals surface area contributed by atoms with Crippen LogP contribution in [0, 0.1) is 18.7 Å². The Balaban J connectivity index is 1.34. The van der Waals surface area contributed by atoms with E-state index >= 15 is 4.39 Å². The maximum absolute atomic E-state index is 17.0. The molecule has 3 atom stereocenters. The number of halogens is 2. The van der Waals surface area contributed by atoms with Crippen LogP contribution in [0.1, 0.15) is 39.2 Å². The van der Waals surface area contributed by atoms with Gasteiger partial charge in [-0.3, -0.25) is 9.89 Å². The zero-order valence-corrected chi connectivity index (χ0v) is 26.3. The third-order valence-electron chi connectivity index (χ3n) is 9.64. The number of aryl methyl sites for hydroxylation is 1. The van der Waals surface area contributed by atoms with Gasteiger partial charge in [0, 0.05) is 72.2 Å². The molecular formula is C33H38ClFN8O. The molecule has 230 valence electrons. The maximum Gasteiger partial charge on any atom is 0.246 e. The Bertz CT molecular complexity index is 1780. The van der Waals surface area contributed by atoms with Crippen molar-refractivity contribution in [1.29, 1.82) is 0 Å². The first-order valence-electron chi connectivity index (χ1n) is 15.5. The summed E-state index contributed by atoms with van der Waals surface area (Å²) in [7, 11) is 0.